The van der Waals surface area contributed by atoms with Gasteiger partial charge in [0.05, 0.1) is 21.3 Å². The number of aromatic nitrogens is 4. The normalized spacial score (nSPS) is 16.5. The van der Waals surface area contributed by atoms with Gasteiger partial charge >= 0.3 is 17.3 Å². The molecule has 1 saturated carbocycles. The first-order chi connectivity index (χ1) is 17.7. The number of fused-ring (bicyclic) bond motifs is 2. The van der Waals surface area contributed by atoms with E-state index in [9.17, 15) is 29.6 Å². The predicted molar refractivity (Wildman–Crippen MR) is 136 cm³/mol. The summed E-state index contributed by atoms with van der Waals surface area (Å²) in [6, 6.07) is 6.23. The second-order valence-corrected chi connectivity index (χ2v) is 9.89. The molecule has 3 aromatic heterocycles. The van der Waals surface area contributed by atoms with Gasteiger partial charge in [0.1, 0.15) is 11.2 Å². The van der Waals surface area contributed by atoms with Crippen LogP contribution in [0.15, 0.2) is 40.1 Å². The van der Waals surface area contributed by atoms with Crippen molar-refractivity contribution in [2.24, 2.45) is 0 Å². The number of carbonyl (C=O) groups is 1. The Labute approximate surface area is 212 Å². The highest BCUT2D eigenvalue weighted by Gasteiger charge is 2.32. The van der Waals surface area contributed by atoms with Crippen LogP contribution in [0.4, 0.5) is 11.5 Å². The summed E-state index contributed by atoms with van der Waals surface area (Å²) in [5.41, 5.74) is -0.200. The molecule has 1 aliphatic heterocycles. The molecule has 13 heteroatoms. The summed E-state index contributed by atoms with van der Waals surface area (Å²) < 4.78 is 3.35. The molecule has 0 amide bonds. The molecule has 2 N–H and O–H groups in total. The third kappa shape index (κ3) is 3.84. The number of nitro groups is 1. The van der Waals surface area contributed by atoms with Crippen LogP contribution in [0.2, 0.25) is 5.02 Å². The first-order valence-electron chi connectivity index (χ1n) is 11.8. The molecule has 0 atom stereocenters. The van der Waals surface area contributed by atoms with Gasteiger partial charge < -0.3 is 19.6 Å². The van der Waals surface area contributed by atoms with Gasteiger partial charge in [0.2, 0.25) is 11.2 Å². The van der Waals surface area contributed by atoms with Gasteiger partial charge in [0.25, 0.3) is 0 Å². The molecule has 1 aromatic carbocycles. The molecule has 4 heterocycles. The van der Waals surface area contributed by atoms with Crippen molar-refractivity contribution in [1.29, 1.82) is 0 Å². The number of halogens is 1. The van der Waals surface area contributed by atoms with Crippen molar-refractivity contribution in [3.8, 4) is 0 Å². The molecule has 12 nitrogen and oxygen atoms in total. The number of imidazole rings is 1. The zero-order valence-electron chi connectivity index (χ0n) is 19.4. The van der Waals surface area contributed by atoms with E-state index in [1.807, 2.05) is 0 Å². The molecule has 6 rings (SSSR count). The van der Waals surface area contributed by atoms with Crippen molar-refractivity contribution in [2.45, 2.75) is 37.8 Å². The lowest BCUT2D eigenvalue weighted by atomic mass is 10.0. The number of carboxylic acid groups (broad SMARTS) is 1. The van der Waals surface area contributed by atoms with Crippen LogP contribution in [0.3, 0.4) is 0 Å². The van der Waals surface area contributed by atoms with Crippen LogP contribution in [0.5, 0.6) is 0 Å². The van der Waals surface area contributed by atoms with Gasteiger partial charge in [0.15, 0.2) is 0 Å². The highest BCUT2D eigenvalue weighted by atomic mass is 35.5. The summed E-state index contributed by atoms with van der Waals surface area (Å²) in [6.07, 6.45) is 3.98. The Hall–Kier alpha value is -4.19. The van der Waals surface area contributed by atoms with Crippen molar-refractivity contribution in [3.05, 3.63) is 71.9 Å². The van der Waals surface area contributed by atoms with E-state index in [0.717, 1.165) is 24.4 Å². The smallest absolute Gasteiger partial charge is 0.341 e. The number of piperidine rings is 1. The number of rotatable bonds is 5. The van der Waals surface area contributed by atoms with Crippen LogP contribution in [0.1, 0.15) is 48.1 Å². The highest BCUT2D eigenvalue weighted by molar-refractivity contribution is 6.31. The Balaban J connectivity index is 1.39. The van der Waals surface area contributed by atoms with E-state index in [1.165, 1.54) is 6.20 Å². The number of H-pyrrole nitrogens is 1. The van der Waals surface area contributed by atoms with Gasteiger partial charge in [-0.25, -0.2) is 14.6 Å². The fourth-order valence-electron chi connectivity index (χ4n) is 5.20. The van der Waals surface area contributed by atoms with E-state index in [2.05, 4.69) is 9.97 Å². The molecule has 190 valence electrons. The quantitative estimate of drug-likeness (QED) is 0.297. The minimum absolute atomic E-state index is 0.00371. The molecular weight excluding hydrogens is 504 g/mol. The fourth-order valence-corrected chi connectivity index (χ4v) is 5.38. The number of carboxylic acids is 1. The maximum Gasteiger partial charge on any atom is 0.341 e. The van der Waals surface area contributed by atoms with Gasteiger partial charge in [0, 0.05) is 42.5 Å². The van der Waals surface area contributed by atoms with E-state index >= 15 is 0 Å². The van der Waals surface area contributed by atoms with E-state index in [4.69, 9.17) is 11.6 Å². The summed E-state index contributed by atoms with van der Waals surface area (Å²) in [7, 11) is 0. The Morgan fingerprint density at radius 3 is 2.51 bits per heavy atom. The molecule has 37 heavy (non-hydrogen) atoms. The zero-order valence-corrected chi connectivity index (χ0v) is 20.1. The number of aromatic carboxylic acids is 1. The monoisotopic (exact) mass is 524 g/mol. The van der Waals surface area contributed by atoms with E-state index in [-0.39, 0.29) is 40.3 Å². The zero-order chi connectivity index (χ0) is 26.0. The molecule has 2 aliphatic rings. The van der Waals surface area contributed by atoms with Crippen LogP contribution in [0, 0.1) is 10.1 Å². The molecule has 1 saturated heterocycles. The number of hydrogen-bond acceptors (Lipinski definition) is 7. The molecule has 0 bridgehead atoms. The topological polar surface area (TPSA) is 156 Å². The van der Waals surface area contributed by atoms with Crippen molar-refractivity contribution < 1.29 is 14.8 Å². The lowest BCUT2D eigenvalue weighted by Crippen LogP contribution is -2.38. The third-order valence-electron chi connectivity index (χ3n) is 7.14. The van der Waals surface area contributed by atoms with Gasteiger partial charge in [-0.2, -0.15) is 0 Å². The predicted octanol–water partition coefficient (Wildman–Crippen LogP) is 3.48. The number of nitrogens with one attached hydrogen (secondary N) is 1. The fraction of sp³-hybridized carbons (Fsp3) is 0.333. The summed E-state index contributed by atoms with van der Waals surface area (Å²) >= 11 is 6.05. The molecule has 1 aliphatic carbocycles. The Kier molecular flexibility index (Phi) is 5.30. The summed E-state index contributed by atoms with van der Waals surface area (Å²) in [5.74, 6) is -1.25. The van der Waals surface area contributed by atoms with Gasteiger partial charge in [-0.05, 0) is 43.9 Å². The summed E-state index contributed by atoms with van der Waals surface area (Å²) in [6.45, 7) is 0.801. The summed E-state index contributed by atoms with van der Waals surface area (Å²) in [5, 5.41) is 21.9. The van der Waals surface area contributed by atoms with Crippen LogP contribution in [0.25, 0.3) is 22.1 Å². The number of anilines is 1. The van der Waals surface area contributed by atoms with E-state index in [0.29, 0.717) is 36.5 Å². The standard InChI is InChI=1S/C24H21ClN6O6/c25-12-1-4-18-17(9-12)26-24(35)30(18)14-5-7-28(8-6-14)22-19(31(36)37)10-15-20(32)16(23(33)34)11-29(13-2-3-13)21(15)27-22/h1,4,9-11,13-14H,2-3,5-8H2,(H,26,35)(H,33,34). The first kappa shape index (κ1) is 23.2. The Morgan fingerprint density at radius 1 is 1.14 bits per heavy atom. The van der Waals surface area contributed by atoms with Crippen LogP contribution in [-0.2, 0) is 0 Å². The van der Waals surface area contributed by atoms with Crippen LogP contribution < -0.4 is 16.0 Å². The van der Waals surface area contributed by atoms with E-state index in [1.54, 1.807) is 32.2 Å². The maximum atomic E-state index is 12.8. The first-order valence-corrected chi connectivity index (χ1v) is 12.2. The average Bonchev–Trinajstić information content (AvgIpc) is 3.65. The number of aromatic amines is 1. The van der Waals surface area contributed by atoms with Gasteiger partial charge in [-0.3, -0.25) is 19.5 Å². The molecule has 0 unspecified atom stereocenters. The van der Waals surface area contributed by atoms with Crippen molar-refractivity contribution in [1.82, 2.24) is 19.1 Å². The van der Waals surface area contributed by atoms with Gasteiger partial charge in [-0.1, -0.05) is 11.6 Å². The second-order valence-electron chi connectivity index (χ2n) is 9.45. The lowest BCUT2D eigenvalue weighted by molar-refractivity contribution is -0.384. The number of nitrogens with zero attached hydrogens (tertiary/aromatic N) is 5. The van der Waals surface area contributed by atoms with Crippen LogP contribution in [-0.4, -0.2) is 48.2 Å². The molecule has 0 radical (unpaired) electrons. The van der Waals surface area contributed by atoms with Crippen LogP contribution >= 0.6 is 11.6 Å². The van der Waals surface area contributed by atoms with Gasteiger partial charge in [-0.15, -0.1) is 0 Å². The highest BCUT2D eigenvalue weighted by Crippen LogP contribution is 2.39. The third-order valence-corrected chi connectivity index (χ3v) is 7.38. The van der Waals surface area contributed by atoms with Crippen molar-refractivity contribution in [2.75, 3.05) is 18.0 Å². The summed E-state index contributed by atoms with van der Waals surface area (Å²) in [4.78, 5) is 57.7. The van der Waals surface area contributed by atoms with E-state index < -0.39 is 21.9 Å². The number of pyridine rings is 2. The molecular formula is C24H21ClN6O6. The number of hydrogen-bond donors (Lipinski definition) is 2. The minimum atomic E-state index is -1.38. The average molecular weight is 525 g/mol. The Morgan fingerprint density at radius 2 is 1.86 bits per heavy atom. The van der Waals surface area contributed by atoms with Crippen molar-refractivity contribution >= 4 is 51.1 Å². The minimum Gasteiger partial charge on any atom is -0.477 e. The largest absolute Gasteiger partial charge is 0.477 e. The number of benzene rings is 1. The molecule has 2 fully saturated rings. The SMILES string of the molecule is O=C(O)c1cn(C2CC2)c2nc(N3CCC(n4c(=O)[nH]c5cc(Cl)ccc54)CC3)c([N+](=O)[O-])cc2c1=O. The second kappa shape index (κ2) is 8.44. The lowest BCUT2D eigenvalue weighted by Gasteiger charge is -2.33. The molecule has 0 spiro atoms. The molecule has 4 aromatic rings. The van der Waals surface area contributed by atoms with Crippen molar-refractivity contribution in [3.63, 3.8) is 0 Å². The Bertz CT molecular complexity index is 1730. The maximum absolute atomic E-state index is 12.8.